The molecule has 1 heterocycles. The summed E-state index contributed by atoms with van der Waals surface area (Å²) in [5, 5.41) is 0. The van der Waals surface area contributed by atoms with Crippen LogP contribution in [0.4, 0.5) is 10.2 Å². The summed E-state index contributed by atoms with van der Waals surface area (Å²) in [4.78, 5) is 3.90. The van der Waals surface area contributed by atoms with E-state index in [4.69, 9.17) is 10.5 Å². The van der Waals surface area contributed by atoms with Gasteiger partial charge in [0.15, 0.2) is 0 Å². The second-order valence-corrected chi connectivity index (χ2v) is 3.88. The summed E-state index contributed by atoms with van der Waals surface area (Å²) < 4.78 is 19.0. The average molecular weight is 210 g/mol. The van der Waals surface area contributed by atoms with E-state index in [1.54, 1.807) is 12.1 Å². The highest BCUT2D eigenvalue weighted by atomic mass is 19.1. The third kappa shape index (κ3) is 2.58. The number of pyridine rings is 1. The molecule has 0 aromatic carbocycles. The van der Waals surface area contributed by atoms with Crippen LogP contribution < -0.4 is 10.5 Å². The van der Waals surface area contributed by atoms with Gasteiger partial charge in [0.05, 0.1) is 6.20 Å². The lowest BCUT2D eigenvalue weighted by Crippen LogP contribution is -2.31. The number of rotatable bonds is 2. The van der Waals surface area contributed by atoms with E-state index >= 15 is 0 Å². The fraction of sp³-hybridized carbons (Fsp3) is 0.545. The fourth-order valence-electron chi connectivity index (χ4n) is 1.82. The van der Waals surface area contributed by atoms with Crippen LogP contribution in [0.2, 0.25) is 0 Å². The molecule has 0 saturated heterocycles. The predicted molar refractivity (Wildman–Crippen MR) is 56.4 cm³/mol. The minimum Gasteiger partial charge on any atom is -0.486 e. The largest absolute Gasteiger partial charge is 0.486 e. The Balaban J connectivity index is 1.98. The van der Waals surface area contributed by atoms with Crippen LogP contribution in [0.5, 0.6) is 5.75 Å². The van der Waals surface area contributed by atoms with E-state index in [-0.39, 0.29) is 6.10 Å². The van der Waals surface area contributed by atoms with Gasteiger partial charge in [-0.1, -0.05) is 6.42 Å². The van der Waals surface area contributed by atoms with Crippen molar-refractivity contribution < 1.29 is 9.13 Å². The molecule has 15 heavy (non-hydrogen) atoms. The molecule has 0 unspecified atom stereocenters. The van der Waals surface area contributed by atoms with Crippen LogP contribution in [0.1, 0.15) is 25.7 Å². The Morgan fingerprint density at radius 1 is 1.33 bits per heavy atom. The lowest BCUT2D eigenvalue weighted by Gasteiger charge is -2.26. The molecule has 2 atom stereocenters. The quantitative estimate of drug-likeness (QED) is 0.814. The van der Waals surface area contributed by atoms with E-state index in [2.05, 4.69) is 4.98 Å². The zero-order valence-electron chi connectivity index (χ0n) is 8.53. The summed E-state index contributed by atoms with van der Waals surface area (Å²) in [7, 11) is 0. The van der Waals surface area contributed by atoms with Crippen LogP contribution in [-0.2, 0) is 0 Å². The first-order valence-electron chi connectivity index (χ1n) is 5.28. The molecule has 0 bridgehead atoms. The van der Waals surface area contributed by atoms with Crippen molar-refractivity contribution in [1.29, 1.82) is 0 Å². The minimum absolute atomic E-state index is 0.316. The molecular weight excluding hydrogens is 195 g/mol. The van der Waals surface area contributed by atoms with Gasteiger partial charge < -0.3 is 10.5 Å². The number of alkyl halides is 1. The van der Waals surface area contributed by atoms with Crippen molar-refractivity contribution in [2.45, 2.75) is 38.0 Å². The van der Waals surface area contributed by atoms with Crippen molar-refractivity contribution in [3.05, 3.63) is 18.3 Å². The minimum atomic E-state index is -0.851. The van der Waals surface area contributed by atoms with Crippen LogP contribution in [-0.4, -0.2) is 17.3 Å². The topological polar surface area (TPSA) is 48.1 Å². The Bertz CT molecular complexity index is 315. The second kappa shape index (κ2) is 4.47. The van der Waals surface area contributed by atoms with Crippen molar-refractivity contribution in [2.75, 3.05) is 5.73 Å². The number of halogens is 1. The molecule has 0 spiro atoms. The van der Waals surface area contributed by atoms with Crippen molar-refractivity contribution in [3.63, 3.8) is 0 Å². The lowest BCUT2D eigenvalue weighted by atomic mass is 9.96. The molecule has 1 fully saturated rings. The molecule has 3 nitrogen and oxygen atoms in total. The van der Waals surface area contributed by atoms with Crippen molar-refractivity contribution >= 4 is 5.82 Å². The summed E-state index contributed by atoms with van der Waals surface area (Å²) in [6.45, 7) is 0. The Kier molecular flexibility index (Phi) is 3.04. The van der Waals surface area contributed by atoms with Crippen molar-refractivity contribution in [3.8, 4) is 5.75 Å². The molecule has 1 aliphatic rings. The standard InChI is InChI=1S/C11H15FN2O/c12-9-3-1-2-4-10(9)15-8-5-6-11(13)14-7-8/h5-7,9-10H,1-4H2,(H2,13,14)/t9-,10-/m1/s1. The van der Waals surface area contributed by atoms with Gasteiger partial charge >= 0.3 is 0 Å². The van der Waals surface area contributed by atoms with Gasteiger partial charge in [-0.05, 0) is 31.4 Å². The number of nitrogens with zero attached hydrogens (tertiary/aromatic N) is 1. The van der Waals surface area contributed by atoms with Crippen LogP contribution in [0, 0.1) is 0 Å². The van der Waals surface area contributed by atoms with Crippen LogP contribution in [0.25, 0.3) is 0 Å². The van der Waals surface area contributed by atoms with Crippen LogP contribution in [0.15, 0.2) is 18.3 Å². The smallest absolute Gasteiger partial charge is 0.138 e. The first-order chi connectivity index (χ1) is 7.25. The fourth-order valence-corrected chi connectivity index (χ4v) is 1.82. The molecule has 4 heteroatoms. The zero-order chi connectivity index (χ0) is 10.7. The number of nitrogens with two attached hydrogens (primary N) is 1. The van der Waals surface area contributed by atoms with Crippen molar-refractivity contribution in [1.82, 2.24) is 4.98 Å². The average Bonchev–Trinajstić information content (AvgIpc) is 2.25. The molecule has 1 saturated carbocycles. The normalized spacial score (nSPS) is 26.2. The summed E-state index contributed by atoms with van der Waals surface area (Å²) in [6, 6.07) is 3.38. The zero-order valence-corrected chi connectivity index (χ0v) is 8.53. The van der Waals surface area contributed by atoms with Crippen LogP contribution in [0.3, 0.4) is 0 Å². The third-order valence-corrected chi connectivity index (χ3v) is 2.67. The number of hydrogen-bond donors (Lipinski definition) is 1. The van der Waals surface area contributed by atoms with E-state index in [1.807, 2.05) is 0 Å². The van der Waals surface area contributed by atoms with Gasteiger partial charge in [0.25, 0.3) is 0 Å². The highest BCUT2D eigenvalue weighted by molar-refractivity contribution is 5.32. The number of anilines is 1. The number of hydrogen-bond acceptors (Lipinski definition) is 3. The van der Waals surface area contributed by atoms with E-state index in [1.165, 1.54) is 6.20 Å². The van der Waals surface area contributed by atoms with Gasteiger partial charge in [-0.3, -0.25) is 0 Å². The van der Waals surface area contributed by atoms with Gasteiger partial charge in [0.2, 0.25) is 0 Å². The summed E-state index contributed by atoms with van der Waals surface area (Å²) in [5.41, 5.74) is 5.45. The highest BCUT2D eigenvalue weighted by Crippen LogP contribution is 2.25. The molecule has 2 N–H and O–H groups in total. The first kappa shape index (κ1) is 10.2. The molecular formula is C11H15FN2O. The Hall–Kier alpha value is -1.32. The number of ether oxygens (including phenoxy) is 1. The van der Waals surface area contributed by atoms with E-state index in [0.29, 0.717) is 18.0 Å². The predicted octanol–water partition coefficient (Wildman–Crippen LogP) is 2.32. The Morgan fingerprint density at radius 3 is 2.80 bits per heavy atom. The van der Waals surface area contributed by atoms with Gasteiger partial charge in [-0.15, -0.1) is 0 Å². The van der Waals surface area contributed by atoms with E-state index in [0.717, 1.165) is 19.3 Å². The maximum atomic E-state index is 13.4. The Morgan fingerprint density at radius 2 is 2.13 bits per heavy atom. The molecule has 2 rings (SSSR count). The lowest BCUT2D eigenvalue weighted by molar-refractivity contribution is 0.0635. The Labute approximate surface area is 88.5 Å². The number of nitrogen functional groups attached to an aromatic ring is 1. The maximum Gasteiger partial charge on any atom is 0.138 e. The van der Waals surface area contributed by atoms with Gasteiger partial charge in [-0.2, -0.15) is 0 Å². The molecule has 1 aliphatic carbocycles. The molecule has 0 aliphatic heterocycles. The van der Waals surface area contributed by atoms with E-state index in [9.17, 15) is 4.39 Å². The third-order valence-electron chi connectivity index (χ3n) is 2.67. The molecule has 0 amide bonds. The highest BCUT2D eigenvalue weighted by Gasteiger charge is 2.26. The summed E-state index contributed by atoms with van der Waals surface area (Å²) in [6.07, 6.45) is 3.75. The van der Waals surface area contributed by atoms with E-state index < -0.39 is 6.17 Å². The molecule has 82 valence electrons. The first-order valence-corrected chi connectivity index (χ1v) is 5.28. The monoisotopic (exact) mass is 210 g/mol. The summed E-state index contributed by atoms with van der Waals surface area (Å²) in [5.74, 6) is 1.04. The SMILES string of the molecule is Nc1ccc(O[C@@H]2CCCC[C@H]2F)cn1. The second-order valence-electron chi connectivity index (χ2n) is 3.88. The van der Waals surface area contributed by atoms with Gasteiger partial charge in [0, 0.05) is 0 Å². The van der Waals surface area contributed by atoms with Crippen molar-refractivity contribution in [2.24, 2.45) is 0 Å². The van der Waals surface area contributed by atoms with Gasteiger partial charge in [-0.25, -0.2) is 9.37 Å². The molecule has 0 radical (unpaired) electrons. The van der Waals surface area contributed by atoms with Gasteiger partial charge in [0.1, 0.15) is 23.8 Å². The number of aromatic nitrogens is 1. The molecule has 1 aromatic rings. The maximum absolute atomic E-state index is 13.4. The molecule has 1 aromatic heterocycles. The van der Waals surface area contributed by atoms with Crippen LogP contribution >= 0.6 is 0 Å². The summed E-state index contributed by atoms with van der Waals surface area (Å²) >= 11 is 0.